The third-order valence-electron chi connectivity index (χ3n) is 2.94. The van der Waals surface area contributed by atoms with Crippen LogP contribution in [0, 0.1) is 0 Å². The molecule has 1 saturated heterocycles. The highest BCUT2D eigenvalue weighted by atomic mass is 35.5. The Morgan fingerprint density at radius 2 is 2.00 bits per heavy atom. The average Bonchev–Trinajstić information content (AvgIpc) is 2.32. The van der Waals surface area contributed by atoms with Crippen LogP contribution < -0.4 is 5.32 Å². The predicted molar refractivity (Wildman–Crippen MR) is 70.0 cm³/mol. The molecule has 1 aromatic carbocycles. The molecule has 1 unspecified atom stereocenters. The molecule has 1 aromatic rings. The van der Waals surface area contributed by atoms with Crippen molar-refractivity contribution in [1.29, 1.82) is 0 Å². The molecule has 0 bridgehead atoms. The lowest BCUT2D eigenvalue weighted by molar-refractivity contribution is -0.127. The molecule has 1 heterocycles. The largest absolute Gasteiger partial charge is 0.353 e. The first-order valence-corrected chi connectivity index (χ1v) is 6.30. The van der Waals surface area contributed by atoms with Gasteiger partial charge in [0, 0.05) is 13.1 Å². The highest BCUT2D eigenvalue weighted by Crippen LogP contribution is 2.26. The van der Waals surface area contributed by atoms with Gasteiger partial charge in [0.2, 0.25) is 5.91 Å². The van der Waals surface area contributed by atoms with Gasteiger partial charge < -0.3 is 10.2 Å². The first-order valence-electron chi connectivity index (χ1n) is 5.55. The third kappa shape index (κ3) is 2.31. The van der Waals surface area contributed by atoms with E-state index in [0.29, 0.717) is 23.1 Å². The fraction of sp³-hybridized carbons (Fsp3) is 0.333. The minimum Gasteiger partial charge on any atom is -0.353 e. The summed E-state index contributed by atoms with van der Waals surface area (Å²) in [5, 5.41) is 3.29. The maximum atomic E-state index is 12.4. The predicted octanol–water partition coefficient (Wildman–Crippen LogP) is 1.95. The number of carbonyl (C=O) groups is 2. The van der Waals surface area contributed by atoms with Gasteiger partial charge in [0.1, 0.15) is 6.04 Å². The Morgan fingerprint density at radius 1 is 1.39 bits per heavy atom. The van der Waals surface area contributed by atoms with E-state index >= 15 is 0 Å². The molecular formula is C12H12Cl2N2O2. The SMILES string of the molecule is CC1C(=O)NCCN1C(=O)c1c(Cl)cccc1Cl. The van der Waals surface area contributed by atoms with E-state index in [9.17, 15) is 9.59 Å². The number of benzene rings is 1. The van der Waals surface area contributed by atoms with Gasteiger partial charge in [0.05, 0.1) is 15.6 Å². The lowest BCUT2D eigenvalue weighted by Crippen LogP contribution is -2.55. The molecule has 2 rings (SSSR count). The van der Waals surface area contributed by atoms with Gasteiger partial charge in [-0.3, -0.25) is 9.59 Å². The molecule has 96 valence electrons. The molecule has 0 aromatic heterocycles. The lowest BCUT2D eigenvalue weighted by atomic mass is 10.1. The molecule has 0 aliphatic carbocycles. The number of piperazine rings is 1. The second-order valence-corrected chi connectivity index (χ2v) is 4.88. The molecule has 1 aliphatic rings. The van der Waals surface area contributed by atoms with Crippen LogP contribution in [0.1, 0.15) is 17.3 Å². The molecule has 0 spiro atoms. The Bertz CT molecular complexity index is 485. The van der Waals surface area contributed by atoms with E-state index < -0.39 is 6.04 Å². The van der Waals surface area contributed by atoms with Crippen LogP contribution in [0.2, 0.25) is 10.0 Å². The molecule has 6 heteroatoms. The number of hydrogen-bond acceptors (Lipinski definition) is 2. The molecule has 0 radical (unpaired) electrons. The highest BCUT2D eigenvalue weighted by molar-refractivity contribution is 6.39. The zero-order chi connectivity index (χ0) is 13.3. The Hall–Kier alpha value is -1.26. The zero-order valence-electron chi connectivity index (χ0n) is 9.74. The summed E-state index contributed by atoms with van der Waals surface area (Å²) in [4.78, 5) is 25.4. The van der Waals surface area contributed by atoms with Crippen LogP contribution >= 0.6 is 23.2 Å². The van der Waals surface area contributed by atoms with Crippen molar-refractivity contribution in [2.45, 2.75) is 13.0 Å². The van der Waals surface area contributed by atoms with Crippen LogP contribution in [0.3, 0.4) is 0 Å². The minimum atomic E-state index is -0.515. The second-order valence-electron chi connectivity index (χ2n) is 4.06. The Morgan fingerprint density at radius 3 is 2.61 bits per heavy atom. The summed E-state index contributed by atoms with van der Waals surface area (Å²) in [5.74, 6) is -0.481. The summed E-state index contributed by atoms with van der Waals surface area (Å²) < 4.78 is 0. The van der Waals surface area contributed by atoms with Gasteiger partial charge in [-0.05, 0) is 19.1 Å². The van der Waals surface area contributed by atoms with Crippen LogP contribution in [0.5, 0.6) is 0 Å². The third-order valence-corrected chi connectivity index (χ3v) is 3.57. The van der Waals surface area contributed by atoms with E-state index in [1.54, 1.807) is 25.1 Å². The number of carbonyl (C=O) groups excluding carboxylic acids is 2. The van der Waals surface area contributed by atoms with Crippen LogP contribution in [0.25, 0.3) is 0 Å². The number of amides is 2. The summed E-state index contributed by atoms with van der Waals surface area (Å²) in [6, 6.07) is 4.37. The van der Waals surface area contributed by atoms with Crippen LogP contribution in [0.15, 0.2) is 18.2 Å². The second kappa shape index (κ2) is 5.16. The van der Waals surface area contributed by atoms with E-state index in [-0.39, 0.29) is 17.4 Å². The summed E-state index contributed by atoms with van der Waals surface area (Å²) in [6.07, 6.45) is 0. The average molecular weight is 287 g/mol. The van der Waals surface area contributed by atoms with Gasteiger partial charge in [-0.15, -0.1) is 0 Å². The fourth-order valence-corrected chi connectivity index (χ4v) is 2.46. The summed E-state index contributed by atoms with van der Waals surface area (Å²) >= 11 is 12.0. The Labute approximate surface area is 115 Å². The molecule has 1 N–H and O–H groups in total. The topological polar surface area (TPSA) is 49.4 Å². The van der Waals surface area contributed by atoms with Gasteiger partial charge in [-0.1, -0.05) is 29.3 Å². The first kappa shape index (κ1) is 13.2. The van der Waals surface area contributed by atoms with Crippen molar-refractivity contribution in [2.75, 3.05) is 13.1 Å². The monoisotopic (exact) mass is 286 g/mol. The normalized spacial score (nSPS) is 19.6. The summed E-state index contributed by atoms with van der Waals surface area (Å²) in [6.45, 7) is 2.57. The number of nitrogens with one attached hydrogen (secondary N) is 1. The van der Waals surface area contributed by atoms with Crippen LogP contribution in [-0.4, -0.2) is 35.8 Å². The van der Waals surface area contributed by atoms with Crippen molar-refractivity contribution in [3.05, 3.63) is 33.8 Å². The first-order chi connectivity index (χ1) is 8.52. The van der Waals surface area contributed by atoms with Gasteiger partial charge in [0.25, 0.3) is 5.91 Å². The van der Waals surface area contributed by atoms with Crippen molar-refractivity contribution >= 4 is 35.0 Å². The maximum Gasteiger partial charge on any atom is 0.257 e. The molecule has 4 nitrogen and oxygen atoms in total. The molecule has 1 fully saturated rings. The molecule has 18 heavy (non-hydrogen) atoms. The highest BCUT2D eigenvalue weighted by Gasteiger charge is 2.31. The lowest BCUT2D eigenvalue weighted by Gasteiger charge is -2.33. The van der Waals surface area contributed by atoms with Crippen molar-refractivity contribution in [2.24, 2.45) is 0 Å². The van der Waals surface area contributed by atoms with E-state index in [1.165, 1.54) is 4.90 Å². The zero-order valence-corrected chi connectivity index (χ0v) is 11.3. The molecular weight excluding hydrogens is 275 g/mol. The van der Waals surface area contributed by atoms with E-state index in [0.717, 1.165) is 0 Å². The Balaban J connectivity index is 2.34. The minimum absolute atomic E-state index is 0.169. The smallest absolute Gasteiger partial charge is 0.257 e. The van der Waals surface area contributed by atoms with Crippen molar-refractivity contribution in [3.8, 4) is 0 Å². The number of nitrogens with zero attached hydrogens (tertiary/aromatic N) is 1. The van der Waals surface area contributed by atoms with Gasteiger partial charge in [-0.2, -0.15) is 0 Å². The summed E-state index contributed by atoms with van der Waals surface area (Å²) in [5.41, 5.74) is 0.252. The number of rotatable bonds is 1. The van der Waals surface area contributed by atoms with E-state index in [1.807, 2.05) is 0 Å². The van der Waals surface area contributed by atoms with Gasteiger partial charge in [-0.25, -0.2) is 0 Å². The van der Waals surface area contributed by atoms with E-state index in [4.69, 9.17) is 23.2 Å². The van der Waals surface area contributed by atoms with E-state index in [2.05, 4.69) is 5.32 Å². The fourth-order valence-electron chi connectivity index (χ4n) is 1.91. The maximum absolute atomic E-state index is 12.4. The van der Waals surface area contributed by atoms with Crippen LogP contribution in [-0.2, 0) is 4.79 Å². The molecule has 1 aliphatic heterocycles. The summed E-state index contributed by atoms with van der Waals surface area (Å²) in [7, 11) is 0. The molecule has 2 amide bonds. The van der Waals surface area contributed by atoms with Gasteiger partial charge >= 0.3 is 0 Å². The standard InChI is InChI=1S/C12H12Cl2N2O2/c1-7-11(17)15-5-6-16(7)12(18)10-8(13)3-2-4-9(10)14/h2-4,7H,5-6H2,1H3,(H,15,17). The van der Waals surface area contributed by atoms with Crippen LogP contribution in [0.4, 0.5) is 0 Å². The van der Waals surface area contributed by atoms with Crippen molar-refractivity contribution in [3.63, 3.8) is 0 Å². The Kier molecular flexibility index (Phi) is 3.78. The number of halogens is 2. The number of hydrogen-bond donors (Lipinski definition) is 1. The molecule has 1 atom stereocenters. The molecule has 0 saturated carbocycles. The van der Waals surface area contributed by atoms with Gasteiger partial charge in [0.15, 0.2) is 0 Å². The quantitative estimate of drug-likeness (QED) is 0.858. The van der Waals surface area contributed by atoms with Crippen molar-refractivity contribution in [1.82, 2.24) is 10.2 Å². The van der Waals surface area contributed by atoms with Crippen molar-refractivity contribution < 1.29 is 9.59 Å².